The second-order valence-electron chi connectivity index (χ2n) is 4.07. The van der Waals surface area contributed by atoms with E-state index in [2.05, 4.69) is 0 Å². The number of ketones is 1. The van der Waals surface area contributed by atoms with Crippen molar-refractivity contribution in [2.24, 2.45) is 5.92 Å². The Hall–Kier alpha value is -1.31. The van der Waals surface area contributed by atoms with Crippen LogP contribution in [0.5, 0.6) is 5.75 Å². The van der Waals surface area contributed by atoms with E-state index in [0.717, 1.165) is 5.75 Å². The first kappa shape index (κ1) is 11.8. The SMILES string of the molecule is CC(CC(=O)C(C)C)Oc1ccccc1. The number of hydrogen-bond donors (Lipinski definition) is 0. The molecular weight excluding hydrogens is 188 g/mol. The molecular formula is C13H18O2. The molecule has 0 N–H and O–H groups in total. The molecule has 0 aromatic heterocycles. The summed E-state index contributed by atoms with van der Waals surface area (Å²) in [5.74, 6) is 1.16. The van der Waals surface area contributed by atoms with Crippen molar-refractivity contribution in [1.82, 2.24) is 0 Å². The largest absolute Gasteiger partial charge is 0.490 e. The molecule has 2 nitrogen and oxygen atoms in total. The van der Waals surface area contributed by atoms with E-state index in [1.54, 1.807) is 0 Å². The second-order valence-corrected chi connectivity index (χ2v) is 4.07. The fraction of sp³-hybridized carbons (Fsp3) is 0.462. The Morgan fingerprint density at radius 2 is 1.80 bits per heavy atom. The minimum Gasteiger partial charge on any atom is -0.490 e. The van der Waals surface area contributed by atoms with E-state index in [-0.39, 0.29) is 17.8 Å². The zero-order chi connectivity index (χ0) is 11.3. The average Bonchev–Trinajstić information content (AvgIpc) is 2.18. The maximum atomic E-state index is 11.5. The van der Waals surface area contributed by atoms with Crippen molar-refractivity contribution in [2.45, 2.75) is 33.3 Å². The number of ether oxygens (including phenoxy) is 1. The zero-order valence-corrected chi connectivity index (χ0v) is 9.57. The Bertz CT molecular complexity index is 304. The van der Waals surface area contributed by atoms with Crippen LogP contribution in [0.2, 0.25) is 0 Å². The summed E-state index contributed by atoms with van der Waals surface area (Å²) in [5, 5.41) is 0. The number of Topliss-reactive ketones (excluding diaryl/α,β-unsaturated/α-hetero) is 1. The molecule has 1 rings (SSSR count). The van der Waals surface area contributed by atoms with Gasteiger partial charge in [0, 0.05) is 12.3 Å². The highest BCUT2D eigenvalue weighted by molar-refractivity contribution is 5.80. The molecule has 1 aromatic rings. The molecule has 0 saturated carbocycles. The van der Waals surface area contributed by atoms with Crippen LogP contribution in [-0.4, -0.2) is 11.9 Å². The monoisotopic (exact) mass is 206 g/mol. The maximum Gasteiger partial charge on any atom is 0.139 e. The van der Waals surface area contributed by atoms with E-state index in [1.807, 2.05) is 51.1 Å². The minimum atomic E-state index is -0.0534. The molecule has 2 heteroatoms. The van der Waals surface area contributed by atoms with Gasteiger partial charge in [-0.3, -0.25) is 4.79 Å². The molecule has 0 amide bonds. The fourth-order valence-corrected chi connectivity index (χ4v) is 1.29. The summed E-state index contributed by atoms with van der Waals surface area (Å²) in [6.45, 7) is 5.75. The summed E-state index contributed by atoms with van der Waals surface area (Å²) in [6, 6.07) is 9.59. The van der Waals surface area contributed by atoms with E-state index in [4.69, 9.17) is 4.74 Å². The van der Waals surface area contributed by atoms with Crippen molar-refractivity contribution in [3.8, 4) is 5.75 Å². The molecule has 0 aliphatic heterocycles. The Kier molecular flexibility index (Phi) is 4.35. The number of benzene rings is 1. The normalized spacial score (nSPS) is 12.5. The van der Waals surface area contributed by atoms with Crippen molar-refractivity contribution in [1.29, 1.82) is 0 Å². The smallest absolute Gasteiger partial charge is 0.139 e. The minimum absolute atomic E-state index is 0.0534. The number of carbonyl (C=O) groups excluding carboxylic acids is 1. The summed E-state index contributed by atoms with van der Waals surface area (Å²) in [6.07, 6.45) is 0.425. The molecule has 0 heterocycles. The third kappa shape index (κ3) is 4.15. The molecule has 0 spiro atoms. The number of rotatable bonds is 5. The van der Waals surface area contributed by atoms with Crippen LogP contribution in [0.4, 0.5) is 0 Å². The highest BCUT2D eigenvalue weighted by atomic mass is 16.5. The lowest BCUT2D eigenvalue weighted by molar-refractivity contribution is -0.123. The number of para-hydroxylation sites is 1. The molecule has 0 saturated heterocycles. The van der Waals surface area contributed by atoms with Crippen molar-refractivity contribution >= 4 is 5.78 Å². The highest BCUT2D eigenvalue weighted by Crippen LogP contribution is 2.13. The van der Waals surface area contributed by atoms with E-state index < -0.39 is 0 Å². The lowest BCUT2D eigenvalue weighted by atomic mass is 10.0. The highest BCUT2D eigenvalue weighted by Gasteiger charge is 2.13. The topological polar surface area (TPSA) is 26.3 Å². The maximum absolute atomic E-state index is 11.5. The first-order chi connectivity index (χ1) is 7.09. The molecule has 1 unspecified atom stereocenters. The van der Waals surface area contributed by atoms with E-state index in [1.165, 1.54) is 0 Å². The Labute approximate surface area is 91.3 Å². The van der Waals surface area contributed by atoms with Gasteiger partial charge in [-0.05, 0) is 19.1 Å². The van der Waals surface area contributed by atoms with Crippen molar-refractivity contribution in [3.05, 3.63) is 30.3 Å². The van der Waals surface area contributed by atoms with Crippen LogP contribution < -0.4 is 4.74 Å². The van der Waals surface area contributed by atoms with Gasteiger partial charge >= 0.3 is 0 Å². The Morgan fingerprint density at radius 3 is 2.33 bits per heavy atom. The van der Waals surface area contributed by atoms with Crippen LogP contribution in [0.1, 0.15) is 27.2 Å². The van der Waals surface area contributed by atoms with Crippen molar-refractivity contribution in [3.63, 3.8) is 0 Å². The van der Waals surface area contributed by atoms with Gasteiger partial charge in [-0.15, -0.1) is 0 Å². The van der Waals surface area contributed by atoms with Crippen LogP contribution >= 0.6 is 0 Å². The summed E-state index contributed by atoms with van der Waals surface area (Å²) in [4.78, 5) is 11.5. The predicted molar refractivity (Wildman–Crippen MR) is 61.0 cm³/mol. The number of hydrogen-bond acceptors (Lipinski definition) is 2. The lowest BCUT2D eigenvalue weighted by Gasteiger charge is -2.14. The van der Waals surface area contributed by atoms with Gasteiger partial charge in [0.15, 0.2) is 0 Å². The molecule has 0 radical (unpaired) electrons. The summed E-state index contributed by atoms with van der Waals surface area (Å²) >= 11 is 0. The third-order valence-corrected chi connectivity index (χ3v) is 2.21. The molecule has 1 aromatic carbocycles. The molecule has 0 aliphatic carbocycles. The first-order valence-electron chi connectivity index (χ1n) is 5.34. The van der Waals surface area contributed by atoms with Crippen molar-refractivity contribution in [2.75, 3.05) is 0 Å². The Balaban J connectivity index is 2.43. The number of carbonyl (C=O) groups is 1. The Morgan fingerprint density at radius 1 is 1.20 bits per heavy atom. The summed E-state index contributed by atoms with van der Waals surface area (Å²) < 4.78 is 5.61. The van der Waals surface area contributed by atoms with Gasteiger partial charge < -0.3 is 4.74 Å². The van der Waals surface area contributed by atoms with Crippen LogP contribution in [0.15, 0.2) is 30.3 Å². The third-order valence-electron chi connectivity index (χ3n) is 2.21. The van der Waals surface area contributed by atoms with Gasteiger partial charge in [-0.1, -0.05) is 32.0 Å². The van der Waals surface area contributed by atoms with Crippen LogP contribution in [0.25, 0.3) is 0 Å². The molecule has 15 heavy (non-hydrogen) atoms. The van der Waals surface area contributed by atoms with Gasteiger partial charge in [0.1, 0.15) is 17.6 Å². The van der Waals surface area contributed by atoms with Crippen molar-refractivity contribution < 1.29 is 9.53 Å². The quantitative estimate of drug-likeness (QED) is 0.740. The van der Waals surface area contributed by atoms with Crippen LogP contribution in [-0.2, 0) is 4.79 Å². The van der Waals surface area contributed by atoms with E-state index in [0.29, 0.717) is 6.42 Å². The summed E-state index contributed by atoms with van der Waals surface area (Å²) in [5.41, 5.74) is 0. The van der Waals surface area contributed by atoms with Gasteiger partial charge in [0.25, 0.3) is 0 Å². The molecule has 82 valence electrons. The zero-order valence-electron chi connectivity index (χ0n) is 9.57. The lowest BCUT2D eigenvalue weighted by Crippen LogP contribution is -2.20. The molecule has 0 aliphatic rings. The van der Waals surface area contributed by atoms with Crippen LogP contribution in [0.3, 0.4) is 0 Å². The molecule has 1 atom stereocenters. The standard InChI is InChI=1S/C13H18O2/c1-10(2)13(14)9-11(3)15-12-7-5-4-6-8-12/h4-8,10-11H,9H2,1-3H3. The van der Waals surface area contributed by atoms with E-state index in [9.17, 15) is 4.79 Å². The van der Waals surface area contributed by atoms with Gasteiger partial charge in [-0.25, -0.2) is 0 Å². The predicted octanol–water partition coefficient (Wildman–Crippen LogP) is 3.07. The van der Waals surface area contributed by atoms with Gasteiger partial charge in [0.05, 0.1) is 0 Å². The fourth-order valence-electron chi connectivity index (χ4n) is 1.29. The first-order valence-corrected chi connectivity index (χ1v) is 5.34. The van der Waals surface area contributed by atoms with E-state index >= 15 is 0 Å². The van der Waals surface area contributed by atoms with Crippen LogP contribution in [0, 0.1) is 5.92 Å². The second kappa shape index (κ2) is 5.54. The van der Waals surface area contributed by atoms with Gasteiger partial charge in [0.2, 0.25) is 0 Å². The molecule has 0 bridgehead atoms. The average molecular weight is 206 g/mol. The molecule has 0 fully saturated rings. The van der Waals surface area contributed by atoms with Gasteiger partial charge in [-0.2, -0.15) is 0 Å². The summed E-state index contributed by atoms with van der Waals surface area (Å²) in [7, 11) is 0.